The third-order valence-electron chi connectivity index (χ3n) is 6.01. The molecule has 1 atom stereocenters. The molecule has 1 unspecified atom stereocenters. The van der Waals surface area contributed by atoms with Crippen LogP contribution in [0.1, 0.15) is 24.8 Å². The van der Waals surface area contributed by atoms with Crippen LogP contribution < -0.4 is 18.9 Å². The van der Waals surface area contributed by atoms with Crippen LogP contribution in [0.4, 0.5) is 5.82 Å². The normalized spacial score (nSPS) is 15.4. The summed E-state index contributed by atoms with van der Waals surface area (Å²) in [4.78, 5) is -0.125. The van der Waals surface area contributed by atoms with Crippen LogP contribution in [0.25, 0.3) is 22.1 Å². The molecule has 0 bridgehead atoms. The maximum atomic E-state index is 13.4. The molecule has 3 aromatic carbocycles. The van der Waals surface area contributed by atoms with E-state index in [1.807, 2.05) is 36.4 Å². The standard InChI is InChI=1S/C25H24N2O6S/c1-15-12-13-32-23-21(15)17(16-8-5-4-6-9-16)14-20-22(23)25(26-33-20)27-34(28,29)24-18(30-2)10-7-11-19(24)31-3/h4-11,14-15H,12-13H2,1-3H3,(H,26,27). The number of rotatable bonds is 6. The highest BCUT2D eigenvalue weighted by Crippen LogP contribution is 2.48. The van der Waals surface area contributed by atoms with Crippen LogP contribution in [0, 0.1) is 0 Å². The molecule has 9 heteroatoms. The Hall–Kier alpha value is -3.72. The molecule has 4 aromatic rings. The van der Waals surface area contributed by atoms with Gasteiger partial charge in [-0.3, -0.25) is 4.72 Å². The molecule has 0 amide bonds. The molecular weight excluding hydrogens is 456 g/mol. The first-order chi connectivity index (χ1) is 16.4. The van der Waals surface area contributed by atoms with Crippen LogP contribution in [-0.2, 0) is 10.0 Å². The quantitative estimate of drug-likeness (QED) is 0.405. The highest BCUT2D eigenvalue weighted by atomic mass is 32.2. The molecule has 1 N–H and O–H groups in total. The number of nitrogens with one attached hydrogen (secondary N) is 1. The summed E-state index contributed by atoms with van der Waals surface area (Å²) >= 11 is 0. The number of hydrogen-bond donors (Lipinski definition) is 1. The lowest BCUT2D eigenvalue weighted by Gasteiger charge is -2.26. The first-order valence-electron chi connectivity index (χ1n) is 10.8. The smallest absolute Gasteiger partial charge is 0.270 e. The Bertz CT molecular complexity index is 1440. The number of anilines is 1. The lowest BCUT2D eigenvalue weighted by atomic mass is 9.86. The van der Waals surface area contributed by atoms with Gasteiger partial charge in [-0.15, -0.1) is 0 Å². The van der Waals surface area contributed by atoms with Crippen LogP contribution in [0.3, 0.4) is 0 Å². The van der Waals surface area contributed by atoms with Crippen molar-refractivity contribution in [3.05, 3.63) is 60.2 Å². The molecule has 34 heavy (non-hydrogen) atoms. The molecule has 2 heterocycles. The highest BCUT2D eigenvalue weighted by molar-refractivity contribution is 7.93. The predicted molar refractivity (Wildman–Crippen MR) is 128 cm³/mol. The van der Waals surface area contributed by atoms with Crippen molar-refractivity contribution in [1.29, 1.82) is 0 Å². The second-order valence-corrected chi connectivity index (χ2v) is 9.69. The molecule has 5 rings (SSSR count). The third-order valence-corrected chi connectivity index (χ3v) is 7.41. The van der Waals surface area contributed by atoms with Crippen LogP contribution in [0.5, 0.6) is 17.2 Å². The van der Waals surface area contributed by atoms with Gasteiger partial charge in [-0.1, -0.05) is 48.5 Å². The fourth-order valence-electron chi connectivity index (χ4n) is 4.39. The summed E-state index contributed by atoms with van der Waals surface area (Å²) < 4.78 is 51.7. The van der Waals surface area contributed by atoms with Gasteiger partial charge >= 0.3 is 0 Å². The van der Waals surface area contributed by atoms with Crippen molar-refractivity contribution in [3.63, 3.8) is 0 Å². The summed E-state index contributed by atoms with van der Waals surface area (Å²) in [7, 11) is -1.34. The zero-order chi connectivity index (χ0) is 23.9. The Balaban J connectivity index is 1.68. The second kappa shape index (κ2) is 8.57. The lowest BCUT2D eigenvalue weighted by Crippen LogP contribution is -2.17. The van der Waals surface area contributed by atoms with Crippen molar-refractivity contribution in [1.82, 2.24) is 5.16 Å². The maximum Gasteiger partial charge on any atom is 0.270 e. The van der Waals surface area contributed by atoms with Crippen molar-refractivity contribution in [2.45, 2.75) is 24.2 Å². The maximum absolute atomic E-state index is 13.4. The average molecular weight is 481 g/mol. The van der Waals surface area contributed by atoms with E-state index in [1.54, 1.807) is 18.2 Å². The number of fused-ring (bicyclic) bond motifs is 3. The lowest BCUT2D eigenvalue weighted by molar-refractivity contribution is 0.276. The summed E-state index contributed by atoms with van der Waals surface area (Å²) in [6, 6.07) is 16.6. The van der Waals surface area contributed by atoms with E-state index in [0.29, 0.717) is 23.3 Å². The van der Waals surface area contributed by atoms with Crippen LogP contribution in [0.15, 0.2) is 64.0 Å². The molecule has 0 saturated heterocycles. The Labute approximate surface area is 197 Å². The number of benzene rings is 3. The first-order valence-corrected chi connectivity index (χ1v) is 12.3. The topological polar surface area (TPSA) is 99.9 Å². The minimum absolute atomic E-state index is 0.0490. The monoisotopic (exact) mass is 480 g/mol. The van der Waals surface area contributed by atoms with E-state index in [-0.39, 0.29) is 28.1 Å². The molecule has 0 aliphatic carbocycles. The minimum atomic E-state index is -4.14. The number of aromatic nitrogens is 1. The van der Waals surface area contributed by atoms with Gasteiger partial charge in [0, 0.05) is 5.56 Å². The highest BCUT2D eigenvalue weighted by Gasteiger charge is 2.31. The van der Waals surface area contributed by atoms with Gasteiger partial charge in [-0.25, -0.2) is 8.42 Å². The SMILES string of the molecule is COc1cccc(OC)c1S(=O)(=O)Nc1noc2cc(-c3ccccc3)c3c(c12)OCCC3C. The van der Waals surface area contributed by atoms with Gasteiger partial charge in [0.1, 0.15) is 22.6 Å². The largest absolute Gasteiger partial charge is 0.495 e. The van der Waals surface area contributed by atoms with Crippen LogP contribution >= 0.6 is 0 Å². The van der Waals surface area contributed by atoms with Gasteiger partial charge in [0.05, 0.1) is 20.8 Å². The Morgan fingerprint density at radius 1 is 1.03 bits per heavy atom. The van der Waals surface area contributed by atoms with Crippen molar-refractivity contribution in [2.75, 3.05) is 25.5 Å². The summed E-state index contributed by atoms with van der Waals surface area (Å²) in [5, 5.41) is 4.54. The summed E-state index contributed by atoms with van der Waals surface area (Å²) in [5.41, 5.74) is 3.43. The minimum Gasteiger partial charge on any atom is -0.495 e. The van der Waals surface area contributed by atoms with Gasteiger partial charge in [0.2, 0.25) is 0 Å². The number of methoxy groups -OCH3 is 2. The fraction of sp³-hybridized carbons (Fsp3) is 0.240. The van der Waals surface area contributed by atoms with Gasteiger partial charge in [-0.05, 0) is 41.7 Å². The number of ether oxygens (including phenoxy) is 3. The zero-order valence-corrected chi connectivity index (χ0v) is 19.8. The summed E-state index contributed by atoms with van der Waals surface area (Å²) in [6.07, 6.45) is 0.850. The van der Waals surface area contributed by atoms with Gasteiger partial charge in [-0.2, -0.15) is 0 Å². The predicted octanol–water partition coefficient (Wildman–Crippen LogP) is 5.20. The number of hydrogen-bond acceptors (Lipinski definition) is 7. The zero-order valence-electron chi connectivity index (χ0n) is 19.0. The number of nitrogens with zero attached hydrogens (tertiary/aromatic N) is 1. The molecule has 0 radical (unpaired) electrons. The van der Waals surface area contributed by atoms with Crippen LogP contribution in [-0.4, -0.2) is 34.4 Å². The summed E-state index contributed by atoms with van der Waals surface area (Å²) in [6.45, 7) is 2.65. The van der Waals surface area contributed by atoms with Crippen molar-refractivity contribution in [3.8, 4) is 28.4 Å². The van der Waals surface area contributed by atoms with E-state index >= 15 is 0 Å². The number of sulfonamides is 1. The molecule has 1 aliphatic heterocycles. The molecule has 0 fully saturated rings. The molecule has 0 spiro atoms. The molecular formula is C25H24N2O6S. The average Bonchev–Trinajstić information content (AvgIpc) is 3.25. The van der Waals surface area contributed by atoms with Gasteiger partial charge in [0.15, 0.2) is 16.3 Å². The molecule has 0 saturated carbocycles. The molecule has 1 aromatic heterocycles. The van der Waals surface area contributed by atoms with E-state index in [2.05, 4.69) is 16.8 Å². The van der Waals surface area contributed by atoms with Crippen molar-refractivity contribution < 1.29 is 27.2 Å². The van der Waals surface area contributed by atoms with Gasteiger partial charge < -0.3 is 18.7 Å². The second-order valence-electron chi connectivity index (χ2n) is 8.07. The third kappa shape index (κ3) is 3.62. The Morgan fingerprint density at radius 3 is 2.41 bits per heavy atom. The first kappa shape index (κ1) is 22.1. The van der Waals surface area contributed by atoms with E-state index in [1.165, 1.54) is 14.2 Å². The van der Waals surface area contributed by atoms with E-state index in [9.17, 15) is 8.42 Å². The Kier molecular flexibility index (Phi) is 5.57. The molecule has 8 nitrogen and oxygen atoms in total. The fourth-order valence-corrected chi connectivity index (χ4v) is 5.72. The van der Waals surface area contributed by atoms with E-state index in [0.717, 1.165) is 23.1 Å². The van der Waals surface area contributed by atoms with E-state index in [4.69, 9.17) is 18.7 Å². The van der Waals surface area contributed by atoms with Crippen molar-refractivity contribution in [2.24, 2.45) is 0 Å². The van der Waals surface area contributed by atoms with E-state index < -0.39 is 10.0 Å². The summed E-state index contributed by atoms with van der Waals surface area (Å²) in [5.74, 6) is 1.14. The Morgan fingerprint density at radius 2 is 1.74 bits per heavy atom. The van der Waals surface area contributed by atoms with Crippen LogP contribution in [0.2, 0.25) is 0 Å². The molecule has 176 valence electrons. The van der Waals surface area contributed by atoms with Gasteiger partial charge in [0.25, 0.3) is 10.0 Å². The van der Waals surface area contributed by atoms with Crippen molar-refractivity contribution >= 4 is 26.8 Å². The molecule has 1 aliphatic rings.